The van der Waals surface area contributed by atoms with Crippen molar-refractivity contribution in [2.75, 3.05) is 0 Å². The lowest BCUT2D eigenvalue weighted by Crippen LogP contribution is -2.28. The van der Waals surface area contributed by atoms with Crippen LogP contribution in [0.5, 0.6) is 0 Å². The van der Waals surface area contributed by atoms with Crippen LogP contribution in [0, 0.1) is 0 Å². The highest BCUT2D eigenvalue weighted by molar-refractivity contribution is 5.26. The van der Waals surface area contributed by atoms with E-state index in [0.29, 0.717) is 6.42 Å². The van der Waals surface area contributed by atoms with Crippen LogP contribution in [-0.2, 0) is 6.18 Å². The molecule has 5 heteroatoms. The smallest absolute Gasteiger partial charge is 0.327 e. The quantitative estimate of drug-likeness (QED) is 0.870. The van der Waals surface area contributed by atoms with Crippen LogP contribution < -0.4 is 5.73 Å². The van der Waals surface area contributed by atoms with Crippen LogP contribution in [0.15, 0.2) is 18.3 Å². The van der Waals surface area contributed by atoms with Gasteiger partial charge in [-0.2, -0.15) is 13.2 Å². The lowest BCUT2D eigenvalue weighted by molar-refractivity contribution is -0.138. The van der Waals surface area contributed by atoms with Crippen molar-refractivity contribution in [2.45, 2.75) is 38.4 Å². The van der Waals surface area contributed by atoms with Gasteiger partial charge in [0.1, 0.15) is 0 Å². The number of alkyl halides is 3. The molecule has 0 bridgehead atoms. The summed E-state index contributed by atoms with van der Waals surface area (Å²) in [4.78, 5) is 3.81. The maximum absolute atomic E-state index is 12.7. The number of hydrogen-bond acceptors (Lipinski definition) is 2. The zero-order valence-corrected chi connectivity index (χ0v) is 9.25. The number of rotatable bonds is 3. The second-order valence-corrected chi connectivity index (χ2v) is 3.79. The normalized spacial score (nSPS) is 15.9. The van der Waals surface area contributed by atoms with Gasteiger partial charge in [0.15, 0.2) is 0 Å². The molecule has 2 nitrogen and oxygen atoms in total. The molecule has 0 aromatic carbocycles. The van der Waals surface area contributed by atoms with E-state index in [1.807, 2.05) is 6.92 Å². The standard InChI is InChI=1S/C11H15F3N2/c1-3-9(15)7(2)10-8(11(12,13)14)5-4-6-16-10/h4-7,9H,3,15H2,1-2H3. The Kier molecular flexibility index (Phi) is 3.91. The van der Waals surface area contributed by atoms with Gasteiger partial charge in [-0.3, -0.25) is 4.98 Å². The lowest BCUT2D eigenvalue weighted by Gasteiger charge is -2.21. The maximum atomic E-state index is 12.7. The topological polar surface area (TPSA) is 38.9 Å². The highest BCUT2D eigenvalue weighted by Gasteiger charge is 2.35. The molecule has 0 aliphatic heterocycles. The van der Waals surface area contributed by atoms with E-state index in [0.717, 1.165) is 6.07 Å². The van der Waals surface area contributed by atoms with Crippen LogP contribution in [0.25, 0.3) is 0 Å². The Morgan fingerprint density at radius 1 is 1.44 bits per heavy atom. The molecule has 2 N–H and O–H groups in total. The highest BCUT2D eigenvalue weighted by Crippen LogP contribution is 2.34. The van der Waals surface area contributed by atoms with E-state index in [2.05, 4.69) is 4.98 Å². The Hall–Kier alpha value is -1.10. The molecule has 0 saturated carbocycles. The fourth-order valence-electron chi connectivity index (χ4n) is 1.58. The molecule has 0 radical (unpaired) electrons. The molecular weight excluding hydrogens is 217 g/mol. The predicted molar refractivity (Wildman–Crippen MR) is 55.9 cm³/mol. The molecule has 90 valence electrons. The molecule has 0 fully saturated rings. The molecule has 1 heterocycles. The number of hydrogen-bond donors (Lipinski definition) is 1. The van der Waals surface area contributed by atoms with Gasteiger partial charge in [-0.05, 0) is 18.6 Å². The first-order valence-corrected chi connectivity index (χ1v) is 5.15. The average molecular weight is 232 g/mol. The molecule has 16 heavy (non-hydrogen) atoms. The third kappa shape index (κ3) is 2.72. The molecule has 1 rings (SSSR count). The minimum Gasteiger partial charge on any atom is -0.327 e. The van der Waals surface area contributed by atoms with Gasteiger partial charge in [0.2, 0.25) is 0 Å². The van der Waals surface area contributed by atoms with Crippen LogP contribution in [0.2, 0.25) is 0 Å². The number of nitrogens with two attached hydrogens (primary N) is 1. The van der Waals surface area contributed by atoms with Crippen LogP contribution >= 0.6 is 0 Å². The van der Waals surface area contributed by atoms with Gasteiger partial charge < -0.3 is 5.73 Å². The van der Waals surface area contributed by atoms with Crippen molar-refractivity contribution < 1.29 is 13.2 Å². The summed E-state index contributed by atoms with van der Waals surface area (Å²) in [6.45, 7) is 3.52. The molecule has 2 atom stereocenters. The monoisotopic (exact) mass is 232 g/mol. The molecule has 2 unspecified atom stereocenters. The van der Waals surface area contributed by atoms with Gasteiger partial charge in [0, 0.05) is 18.2 Å². The van der Waals surface area contributed by atoms with Crippen molar-refractivity contribution in [2.24, 2.45) is 5.73 Å². The molecule has 0 amide bonds. The van der Waals surface area contributed by atoms with Crippen molar-refractivity contribution in [3.63, 3.8) is 0 Å². The number of halogens is 3. The Morgan fingerprint density at radius 2 is 2.06 bits per heavy atom. The van der Waals surface area contributed by atoms with Crippen LogP contribution in [0.3, 0.4) is 0 Å². The SMILES string of the molecule is CCC(N)C(C)c1ncccc1C(F)(F)F. The van der Waals surface area contributed by atoms with Crippen molar-refractivity contribution in [1.29, 1.82) is 0 Å². The molecule has 0 spiro atoms. The predicted octanol–water partition coefficient (Wildman–Crippen LogP) is 2.94. The summed E-state index contributed by atoms with van der Waals surface area (Å²) in [5.74, 6) is -0.400. The number of aromatic nitrogens is 1. The average Bonchev–Trinajstić information content (AvgIpc) is 2.26. The summed E-state index contributed by atoms with van der Waals surface area (Å²) in [6, 6.07) is 2.02. The van der Waals surface area contributed by atoms with Gasteiger partial charge in [-0.1, -0.05) is 13.8 Å². The lowest BCUT2D eigenvalue weighted by atomic mass is 9.93. The summed E-state index contributed by atoms with van der Waals surface area (Å²) in [5, 5.41) is 0. The zero-order chi connectivity index (χ0) is 12.3. The molecule has 0 saturated heterocycles. The second-order valence-electron chi connectivity index (χ2n) is 3.79. The second kappa shape index (κ2) is 4.82. The van der Waals surface area contributed by atoms with Gasteiger partial charge in [-0.15, -0.1) is 0 Å². The largest absolute Gasteiger partial charge is 0.418 e. The van der Waals surface area contributed by atoms with Gasteiger partial charge in [-0.25, -0.2) is 0 Å². The van der Waals surface area contributed by atoms with E-state index in [4.69, 9.17) is 5.73 Å². The Labute approximate surface area is 92.7 Å². The van der Waals surface area contributed by atoms with Crippen LogP contribution in [-0.4, -0.2) is 11.0 Å². The van der Waals surface area contributed by atoms with E-state index >= 15 is 0 Å². The van der Waals surface area contributed by atoms with E-state index in [9.17, 15) is 13.2 Å². The fraction of sp³-hybridized carbons (Fsp3) is 0.545. The van der Waals surface area contributed by atoms with Crippen molar-refractivity contribution in [3.05, 3.63) is 29.6 Å². The van der Waals surface area contributed by atoms with E-state index in [1.54, 1.807) is 6.92 Å². The summed E-state index contributed by atoms with van der Waals surface area (Å²) >= 11 is 0. The van der Waals surface area contributed by atoms with Crippen molar-refractivity contribution in [1.82, 2.24) is 4.98 Å². The Balaban J connectivity index is 3.13. The molecule has 1 aromatic heterocycles. The van der Waals surface area contributed by atoms with Crippen LogP contribution in [0.1, 0.15) is 37.4 Å². The molecular formula is C11H15F3N2. The molecule has 0 aliphatic rings. The fourth-order valence-corrected chi connectivity index (χ4v) is 1.58. The van der Waals surface area contributed by atoms with Crippen molar-refractivity contribution >= 4 is 0 Å². The Morgan fingerprint density at radius 3 is 2.56 bits per heavy atom. The third-order valence-electron chi connectivity index (χ3n) is 2.69. The van der Waals surface area contributed by atoms with Gasteiger partial charge in [0.05, 0.1) is 11.3 Å². The first-order chi connectivity index (χ1) is 7.38. The Bertz CT molecular complexity index is 349. The minimum atomic E-state index is -4.37. The van der Waals surface area contributed by atoms with Gasteiger partial charge in [0.25, 0.3) is 0 Å². The molecule has 0 aliphatic carbocycles. The number of pyridine rings is 1. The summed E-state index contributed by atoms with van der Waals surface area (Å²) in [6.07, 6.45) is -2.39. The zero-order valence-electron chi connectivity index (χ0n) is 9.25. The summed E-state index contributed by atoms with van der Waals surface area (Å²) < 4.78 is 38.1. The number of nitrogens with zero attached hydrogens (tertiary/aromatic N) is 1. The van der Waals surface area contributed by atoms with E-state index < -0.39 is 17.7 Å². The third-order valence-corrected chi connectivity index (χ3v) is 2.69. The molecule has 1 aromatic rings. The first-order valence-electron chi connectivity index (χ1n) is 5.15. The van der Waals surface area contributed by atoms with Crippen molar-refractivity contribution in [3.8, 4) is 0 Å². The van der Waals surface area contributed by atoms with E-state index in [-0.39, 0.29) is 11.7 Å². The minimum absolute atomic E-state index is 0.0318. The summed E-state index contributed by atoms with van der Waals surface area (Å²) in [7, 11) is 0. The maximum Gasteiger partial charge on any atom is 0.418 e. The highest BCUT2D eigenvalue weighted by atomic mass is 19.4. The first kappa shape index (κ1) is 13.0. The van der Waals surface area contributed by atoms with Gasteiger partial charge >= 0.3 is 6.18 Å². The summed E-state index contributed by atoms with van der Waals surface area (Å²) in [5.41, 5.74) is 5.10. The van der Waals surface area contributed by atoms with E-state index in [1.165, 1.54) is 12.3 Å². The van der Waals surface area contributed by atoms with Crippen LogP contribution in [0.4, 0.5) is 13.2 Å².